The number of rotatable bonds is 2. The molecule has 0 saturated heterocycles. The highest BCUT2D eigenvalue weighted by Gasteiger charge is 2.10. The Balaban J connectivity index is 2.00. The lowest BCUT2D eigenvalue weighted by Gasteiger charge is -1.98. The maximum absolute atomic E-state index is 13.6. The molecule has 3 rings (SSSR count). The zero-order valence-corrected chi connectivity index (χ0v) is 10.6. The number of furan rings is 1. The summed E-state index contributed by atoms with van der Waals surface area (Å²) in [5.41, 5.74) is 0.660. The van der Waals surface area contributed by atoms with Gasteiger partial charge in [0.25, 0.3) is 0 Å². The first-order valence-electron chi connectivity index (χ1n) is 5.61. The number of hydrogen-bond acceptors (Lipinski definition) is 3. The predicted octanol–water partition coefficient (Wildman–Crippen LogP) is 4.69. The lowest BCUT2D eigenvalue weighted by Crippen LogP contribution is -1.84. The minimum absolute atomic E-state index is 0.0359. The van der Waals surface area contributed by atoms with Crippen molar-refractivity contribution in [2.24, 2.45) is 0 Å². The Kier molecular flexibility index (Phi) is 2.90. The maximum atomic E-state index is 13.6. The molecule has 92 valence electrons. The molecule has 0 bridgehead atoms. The van der Waals surface area contributed by atoms with Crippen LogP contribution in [0.1, 0.15) is 5.56 Å². The second-order valence-electron chi connectivity index (χ2n) is 3.95. The number of nitrogens with zero attached hydrogens (tertiary/aromatic N) is 1. The number of thiophene rings is 1. The Morgan fingerprint density at radius 2 is 1.95 bits per heavy atom. The van der Waals surface area contributed by atoms with Crippen molar-refractivity contribution < 1.29 is 8.81 Å². The van der Waals surface area contributed by atoms with Gasteiger partial charge in [-0.1, -0.05) is 6.07 Å². The van der Waals surface area contributed by atoms with Crippen LogP contribution in [-0.2, 0) is 0 Å². The molecule has 0 saturated carbocycles. The van der Waals surface area contributed by atoms with Crippen molar-refractivity contribution in [1.82, 2.24) is 0 Å². The average Bonchev–Trinajstić information content (AvgIpc) is 3.09. The van der Waals surface area contributed by atoms with Crippen LogP contribution >= 0.6 is 11.3 Å². The summed E-state index contributed by atoms with van der Waals surface area (Å²) >= 11 is 1.58. The molecule has 2 heterocycles. The third-order valence-corrected chi connectivity index (χ3v) is 3.63. The normalized spacial score (nSPS) is 10.3. The molecule has 0 aliphatic rings. The van der Waals surface area contributed by atoms with Crippen molar-refractivity contribution in [3.63, 3.8) is 0 Å². The summed E-state index contributed by atoms with van der Waals surface area (Å²) in [4.78, 5) is 1.03. The molecule has 0 radical (unpaired) electrons. The summed E-state index contributed by atoms with van der Waals surface area (Å²) in [5.74, 6) is 0.815. The van der Waals surface area contributed by atoms with Crippen LogP contribution in [0.4, 0.5) is 4.39 Å². The van der Waals surface area contributed by atoms with E-state index in [1.54, 1.807) is 29.5 Å². The van der Waals surface area contributed by atoms with Gasteiger partial charge < -0.3 is 4.42 Å². The van der Waals surface area contributed by atoms with E-state index < -0.39 is 5.82 Å². The molecule has 0 unspecified atom stereocenters. The standard InChI is InChI=1S/C15H8FNOS/c16-12-8-10(3-4-11(12)9-17)13-5-6-14(18-13)15-2-1-7-19-15/h1-8H. The van der Waals surface area contributed by atoms with Crippen LogP contribution in [0.25, 0.3) is 22.0 Å². The van der Waals surface area contributed by atoms with Crippen molar-refractivity contribution in [2.75, 3.05) is 0 Å². The predicted molar refractivity (Wildman–Crippen MR) is 72.1 cm³/mol. The second-order valence-corrected chi connectivity index (χ2v) is 4.90. The van der Waals surface area contributed by atoms with Gasteiger partial charge >= 0.3 is 0 Å². The minimum Gasteiger partial charge on any atom is -0.455 e. The van der Waals surface area contributed by atoms with E-state index in [-0.39, 0.29) is 5.56 Å². The molecule has 2 nitrogen and oxygen atoms in total. The highest BCUT2D eigenvalue weighted by molar-refractivity contribution is 7.13. The largest absolute Gasteiger partial charge is 0.455 e. The minimum atomic E-state index is -0.533. The zero-order chi connectivity index (χ0) is 13.2. The van der Waals surface area contributed by atoms with Crippen LogP contribution in [0.5, 0.6) is 0 Å². The molecule has 0 fully saturated rings. The molecule has 19 heavy (non-hydrogen) atoms. The Bertz CT molecular complexity index is 753. The van der Waals surface area contributed by atoms with Crippen LogP contribution < -0.4 is 0 Å². The smallest absolute Gasteiger partial charge is 0.144 e. The van der Waals surface area contributed by atoms with Crippen LogP contribution in [0.15, 0.2) is 52.3 Å². The molecule has 0 amide bonds. The van der Waals surface area contributed by atoms with Crippen LogP contribution in [0, 0.1) is 17.1 Å². The molecule has 0 atom stereocenters. The van der Waals surface area contributed by atoms with Gasteiger partial charge in [0.2, 0.25) is 0 Å². The number of nitriles is 1. The lowest BCUT2D eigenvalue weighted by atomic mass is 10.1. The van der Waals surface area contributed by atoms with E-state index in [2.05, 4.69) is 0 Å². The summed E-state index contributed by atoms with van der Waals surface area (Å²) in [6, 6.07) is 13.8. The number of halogens is 1. The van der Waals surface area contributed by atoms with E-state index in [9.17, 15) is 4.39 Å². The Morgan fingerprint density at radius 1 is 1.11 bits per heavy atom. The van der Waals surface area contributed by atoms with Gasteiger partial charge in [-0.05, 0) is 41.8 Å². The van der Waals surface area contributed by atoms with E-state index in [1.165, 1.54) is 12.1 Å². The molecular formula is C15H8FNOS. The number of hydrogen-bond donors (Lipinski definition) is 0. The molecule has 0 N–H and O–H groups in total. The number of benzene rings is 1. The van der Waals surface area contributed by atoms with E-state index in [0.717, 1.165) is 10.6 Å². The zero-order valence-electron chi connectivity index (χ0n) is 9.76. The van der Waals surface area contributed by atoms with Crippen molar-refractivity contribution >= 4 is 11.3 Å². The monoisotopic (exact) mass is 269 g/mol. The van der Waals surface area contributed by atoms with Gasteiger partial charge in [-0.2, -0.15) is 5.26 Å². The molecule has 1 aromatic carbocycles. The van der Waals surface area contributed by atoms with Crippen molar-refractivity contribution in [1.29, 1.82) is 5.26 Å². The van der Waals surface area contributed by atoms with Gasteiger partial charge in [-0.25, -0.2) is 4.39 Å². The van der Waals surface area contributed by atoms with Gasteiger partial charge in [0.05, 0.1) is 10.4 Å². The van der Waals surface area contributed by atoms with Gasteiger partial charge in [0.15, 0.2) is 0 Å². The quantitative estimate of drug-likeness (QED) is 0.677. The summed E-state index contributed by atoms with van der Waals surface area (Å²) < 4.78 is 19.3. The first-order valence-corrected chi connectivity index (χ1v) is 6.49. The molecule has 0 aliphatic heterocycles. The molecule has 4 heteroatoms. The van der Waals surface area contributed by atoms with E-state index >= 15 is 0 Å². The summed E-state index contributed by atoms with van der Waals surface area (Å²) in [7, 11) is 0. The van der Waals surface area contributed by atoms with Gasteiger partial charge in [-0.15, -0.1) is 11.3 Å². The Labute approximate surface area is 113 Å². The summed E-state index contributed by atoms with van der Waals surface area (Å²) in [5, 5.41) is 10.7. The topological polar surface area (TPSA) is 36.9 Å². The van der Waals surface area contributed by atoms with Gasteiger partial charge in [0.1, 0.15) is 23.4 Å². The third kappa shape index (κ3) is 2.16. The molecule has 3 aromatic rings. The van der Waals surface area contributed by atoms with Crippen LogP contribution in [0.3, 0.4) is 0 Å². The summed E-state index contributed by atoms with van der Waals surface area (Å²) in [6.45, 7) is 0. The van der Waals surface area contributed by atoms with Gasteiger partial charge in [-0.3, -0.25) is 0 Å². The fourth-order valence-corrected chi connectivity index (χ4v) is 2.49. The third-order valence-electron chi connectivity index (χ3n) is 2.74. The van der Waals surface area contributed by atoms with Crippen molar-refractivity contribution in [2.45, 2.75) is 0 Å². The highest BCUT2D eigenvalue weighted by Crippen LogP contribution is 2.31. The Hall–Kier alpha value is -2.38. The first-order chi connectivity index (χ1) is 9.28. The van der Waals surface area contributed by atoms with E-state index in [1.807, 2.05) is 23.6 Å². The fraction of sp³-hybridized carbons (Fsp3) is 0. The average molecular weight is 269 g/mol. The first kappa shape index (κ1) is 11.7. The SMILES string of the molecule is N#Cc1ccc(-c2ccc(-c3cccs3)o2)cc1F. The lowest BCUT2D eigenvalue weighted by molar-refractivity contribution is 0.595. The van der Waals surface area contributed by atoms with Crippen LogP contribution in [0.2, 0.25) is 0 Å². The van der Waals surface area contributed by atoms with E-state index in [0.29, 0.717) is 11.3 Å². The second kappa shape index (κ2) is 4.71. The van der Waals surface area contributed by atoms with Crippen molar-refractivity contribution in [3.8, 4) is 28.0 Å². The molecule has 2 aromatic heterocycles. The van der Waals surface area contributed by atoms with Crippen LogP contribution in [-0.4, -0.2) is 0 Å². The molecule has 0 spiro atoms. The van der Waals surface area contributed by atoms with E-state index in [4.69, 9.17) is 9.68 Å². The Morgan fingerprint density at radius 3 is 2.63 bits per heavy atom. The summed E-state index contributed by atoms with van der Waals surface area (Å²) in [6.07, 6.45) is 0. The fourth-order valence-electron chi connectivity index (χ4n) is 1.80. The highest BCUT2D eigenvalue weighted by atomic mass is 32.1. The van der Waals surface area contributed by atoms with Gasteiger partial charge in [0, 0.05) is 5.56 Å². The van der Waals surface area contributed by atoms with Crippen molar-refractivity contribution in [3.05, 3.63) is 59.2 Å². The molecular weight excluding hydrogens is 261 g/mol. The maximum Gasteiger partial charge on any atom is 0.144 e. The molecule has 0 aliphatic carbocycles.